The third-order valence-corrected chi connectivity index (χ3v) is 5.61. The van der Waals surface area contributed by atoms with E-state index in [0.29, 0.717) is 23.1 Å². The van der Waals surface area contributed by atoms with Gasteiger partial charge in [0.1, 0.15) is 5.76 Å². The van der Waals surface area contributed by atoms with Crippen molar-refractivity contribution in [1.29, 1.82) is 0 Å². The van der Waals surface area contributed by atoms with E-state index in [1.165, 1.54) is 33.1 Å². The van der Waals surface area contributed by atoms with Crippen molar-refractivity contribution in [1.82, 2.24) is 4.90 Å². The molecule has 168 valence electrons. The molecule has 3 rings (SSSR count). The number of carboxylic acids is 2. The van der Waals surface area contributed by atoms with E-state index in [1.54, 1.807) is 6.07 Å². The van der Waals surface area contributed by atoms with Gasteiger partial charge in [0.25, 0.3) is 0 Å². The van der Waals surface area contributed by atoms with E-state index < -0.39 is 23.8 Å². The summed E-state index contributed by atoms with van der Waals surface area (Å²) >= 11 is 5.87. The molecule has 1 saturated heterocycles. The van der Waals surface area contributed by atoms with E-state index in [2.05, 4.69) is 4.90 Å². The molecule has 0 spiro atoms. The fourth-order valence-electron chi connectivity index (χ4n) is 3.08. The molecule has 0 saturated carbocycles. The van der Waals surface area contributed by atoms with Crippen LogP contribution in [-0.2, 0) is 9.59 Å². The number of hydrogen-bond donors (Lipinski definition) is 2. The predicted molar refractivity (Wildman–Crippen MR) is 117 cm³/mol. The lowest BCUT2D eigenvalue weighted by molar-refractivity contribution is -0.152. The largest absolute Gasteiger partial charge is 0.481 e. The number of piperidine rings is 1. The van der Waals surface area contributed by atoms with Crippen LogP contribution >= 0.6 is 11.6 Å². The Kier molecular flexibility index (Phi) is 9.27. The normalized spacial score (nSPS) is 16.0. The number of carbonyl (C=O) groups excluding carboxylic acids is 1. The van der Waals surface area contributed by atoms with Gasteiger partial charge in [0, 0.05) is 10.6 Å². The molecule has 8 heteroatoms. The molecule has 1 aliphatic heterocycles. The number of rotatable bonds is 7. The molecule has 0 bridgehead atoms. The van der Waals surface area contributed by atoms with Gasteiger partial charge in [-0.25, -0.2) is 0 Å². The summed E-state index contributed by atoms with van der Waals surface area (Å²) in [5.41, 5.74) is 0.927. The molecule has 2 unspecified atom stereocenters. The predicted octanol–water partition coefficient (Wildman–Crippen LogP) is 4.70. The van der Waals surface area contributed by atoms with Crippen LogP contribution in [0.3, 0.4) is 0 Å². The Hall–Kier alpha value is -2.64. The summed E-state index contributed by atoms with van der Waals surface area (Å²) in [6, 6.07) is 11.0. The molecule has 7 nitrogen and oxygen atoms in total. The number of Topliss-reactive ketones (excluding diaryl/α,β-unsaturated/α-hetero) is 1. The third kappa shape index (κ3) is 7.52. The maximum absolute atomic E-state index is 12.3. The summed E-state index contributed by atoms with van der Waals surface area (Å²) < 4.78 is 5.69. The molecule has 0 radical (unpaired) electrons. The zero-order valence-electron chi connectivity index (χ0n) is 17.7. The number of carboxylic acid groups (broad SMARTS) is 2. The molecular formula is C23H28ClNO6. The number of benzene rings is 1. The number of ketones is 1. The molecule has 1 aromatic carbocycles. The first kappa shape index (κ1) is 24.6. The van der Waals surface area contributed by atoms with E-state index in [4.69, 9.17) is 26.2 Å². The fourth-order valence-corrected chi connectivity index (χ4v) is 3.21. The quantitative estimate of drug-likeness (QED) is 0.590. The number of furan rings is 1. The van der Waals surface area contributed by atoms with Gasteiger partial charge in [-0.05, 0) is 62.3 Å². The van der Waals surface area contributed by atoms with E-state index in [9.17, 15) is 14.4 Å². The van der Waals surface area contributed by atoms with Crippen LogP contribution in [0.25, 0.3) is 11.3 Å². The minimum atomic E-state index is -1.07. The summed E-state index contributed by atoms with van der Waals surface area (Å²) in [6.45, 7) is 5.22. The van der Waals surface area contributed by atoms with Gasteiger partial charge in [-0.15, -0.1) is 0 Å². The summed E-state index contributed by atoms with van der Waals surface area (Å²) in [7, 11) is 0. The monoisotopic (exact) mass is 449 g/mol. The molecule has 2 N–H and O–H groups in total. The highest BCUT2D eigenvalue weighted by molar-refractivity contribution is 6.30. The van der Waals surface area contributed by atoms with Gasteiger partial charge in [0.2, 0.25) is 5.78 Å². The van der Waals surface area contributed by atoms with Gasteiger partial charge in [-0.1, -0.05) is 31.9 Å². The Morgan fingerprint density at radius 3 is 2.00 bits per heavy atom. The maximum Gasteiger partial charge on any atom is 0.307 e. The van der Waals surface area contributed by atoms with Crippen LogP contribution in [0.15, 0.2) is 40.8 Å². The number of aliphatic carboxylic acids is 2. The summed E-state index contributed by atoms with van der Waals surface area (Å²) in [6.07, 6.45) is 3.63. The minimum absolute atomic E-state index is 0.0529. The van der Waals surface area contributed by atoms with Crippen LogP contribution < -0.4 is 0 Å². The average molecular weight is 450 g/mol. The number of nitrogens with zero attached hydrogens (tertiary/aromatic N) is 1. The van der Waals surface area contributed by atoms with Gasteiger partial charge < -0.3 is 14.6 Å². The van der Waals surface area contributed by atoms with E-state index in [0.717, 1.165) is 18.7 Å². The lowest BCUT2D eigenvalue weighted by Crippen LogP contribution is -2.34. The smallest absolute Gasteiger partial charge is 0.307 e. The highest BCUT2D eigenvalue weighted by Crippen LogP contribution is 2.24. The average Bonchev–Trinajstić information content (AvgIpc) is 3.24. The van der Waals surface area contributed by atoms with Crippen LogP contribution in [0.2, 0.25) is 5.02 Å². The van der Waals surface area contributed by atoms with Gasteiger partial charge in [0.05, 0.1) is 18.4 Å². The van der Waals surface area contributed by atoms with Crippen molar-refractivity contribution in [2.75, 3.05) is 19.6 Å². The third-order valence-electron chi connectivity index (χ3n) is 5.35. The van der Waals surface area contributed by atoms with Crippen molar-refractivity contribution in [3.63, 3.8) is 0 Å². The molecular weight excluding hydrogens is 422 g/mol. The highest BCUT2D eigenvalue weighted by atomic mass is 35.5. The summed E-state index contributed by atoms with van der Waals surface area (Å²) in [5.74, 6) is -2.60. The Labute approximate surface area is 186 Å². The van der Waals surface area contributed by atoms with Crippen LogP contribution in [0.4, 0.5) is 0 Å². The molecule has 2 aromatic rings. The zero-order valence-corrected chi connectivity index (χ0v) is 18.5. The number of carbonyl (C=O) groups is 3. The molecule has 0 amide bonds. The molecule has 1 fully saturated rings. The second-order valence-electron chi connectivity index (χ2n) is 7.68. The molecule has 31 heavy (non-hydrogen) atoms. The second kappa shape index (κ2) is 11.7. The van der Waals surface area contributed by atoms with Gasteiger partial charge in [-0.2, -0.15) is 0 Å². The molecule has 2 heterocycles. The van der Waals surface area contributed by atoms with Crippen molar-refractivity contribution in [3.8, 4) is 11.3 Å². The fraction of sp³-hybridized carbons (Fsp3) is 0.435. The lowest BCUT2D eigenvalue weighted by atomic mass is 9.97. The Bertz CT molecular complexity index is 868. The van der Waals surface area contributed by atoms with Crippen LogP contribution in [0.5, 0.6) is 0 Å². The van der Waals surface area contributed by atoms with Crippen LogP contribution in [-0.4, -0.2) is 52.5 Å². The maximum atomic E-state index is 12.3. The SMILES string of the molecule is CC(C(=O)O)C(C)C(=O)O.O=C(CN1CCCCC1)c1ccc(-c2ccc(Cl)cc2)o1. The van der Waals surface area contributed by atoms with Crippen molar-refractivity contribution in [3.05, 3.63) is 47.2 Å². The second-order valence-corrected chi connectivity index (χ2v) is 8.12. The number of hydrogen-bond acceptors (Lipinski definition) is 5. The molecule has 0 aliphatic carbocycles. The topological polar surface area (TPSA) is 108 Å². The molecule has 2 atom stereocenters. The Morgan fingerprint density at radius 1 is 0.935 bits per heavy atom. The first-order chi connectivity index (χ1) is 14.7. The Morgan fingerprint density at radius 2 is 1.48 bits per heavy atom. The van der Waals surface area contributed by atoms with Crippen molar-refractivity contribution < 1.29 is 29.0 Å². The molecule has 1 aromatic heterocycles. The molecule has 1 aliphatic rings. The van der Waals surface area contributed by atoms with E-state index in [1.807, 2.05) is 30.3 Å². The first-order valence-corrected chi connectivity index (χ1v) is 10.6. The summed E-state index contributed by atoms with van der Waals surface area (Å²) in [5, 5.41) is 17.4. The van der Waals surface area contributed by atoms with Crippen molar-refractivity contribution in [2.45, 2.75) is 33.1 Å². The number of likely N-dealkylation sites (tertiary alicyclic amines) is 1. The van der Waals surface area contributed by atoms with E-state index >= 15 is 0 Å². The lowest BCUT2D eigenvalue weighted by Gasteiger charge is -2.25. The highest BCUT2D eigenvalue weighted by Gasteiger charge is 2.24. The van der Waals surface area contributed by atoms with Gasteiger partial charge >= 0.3 is 11.9 Å². The van der Waals surface area contributed by atoms with E-state index in [-0.39, 0.29) is 5.78 Å². The van der Waals surface area contributed by atoms with Crippen molar-refractivity contribution in [2.24, 2.45) is 11.8 Å². The minimum Gasteiger partial charge on any atom is -0.481 e. The Balaban J connectivity index is 0.000000291. The first-order valence-electron chi connectivity index (χ1n) is 10.3. The van der Waals surface area contributed by atoms with Gasteiger partial charge in [-0.3, -0.25) is 19.3 Å². The zero-order chi connectivity index (χ0) is 23.0. The summed E-state index contributed by atoms with van der Waals surface area (Å²) in [4.78, 5) is 34.8. The number of halogens is 1. The standard InChI is InChI=1S/C17H18ClNO2.C6H10O4/c18-14-6-4-13(5-7-14)16-8-9-17(21-16)15(20)12-19-10-2-1-3-11-19;1-3(5(7)8)4(2)6(9)10/h4-9H,1-3,10-12H2;3-4H,1-2H3,(H,7,8)(H,9,10). The van der Waals surface area contributed by atoms with Gasteiger partial charge in [0.15, 0.2) is 5.76 Å². The van der Waals surface area contributed by atoms with Crippen LogP contribution in [0, 0.1) is 11.8 Å². The van der Waals surface area contributed by atoms with Crippen LogP contribution in [0.1, 0.15) is 43.7 Å². The van der Waals surface area contributed by atoms with Crippen molar-refractivity contribution >= 4 is 29.3 Å².